The zero-order valence-electron chi connectivity index (χ0n) is 13.7. The molecule has 0 amide bonds. The SMILES string of the molecule is Nc1ccc(-c2nn3ccccc3c2-c2ccc(S(N)(=O)=O)cc2)cc1. The number of pyridine rings is 1. The molecule has 26 heavy (non-hydrogen) atoms. The Hall–Kier alpha value is -3.16. The number of nitrogen functional groups attached to an aromatic ring is 1. The normalized spacial score (nSPS) is 11.7. The number of aromatic nitrogens is 2. The first-order valence-electron chi connectivity index (χ1n) is 7.90. The topological polar surface area (TPSA) is 103 Å². The zero-order chi connectivity index (χ0) is 18.3. The molecule has 4 aromatic rings. The van der Waals surface area contributed by atoms with Crippen LogP contribution in [0, 0.1) is 0 Å². The smallest absolute Gasteiger partial charge is 0.238 e. The fourth-order valence-corrected chi connectivity index (χ4v) is 3.45. The Bertz CT molecular complexity index is 1190. The number of nitrogens with two attached hydrogens (primary N) is 2. The van der Waals surface area contributed by atoms with Crippen LogP contribution in [0.5, 0.6) is 0 Å². The van der Waals surface area contributed by atoms with Gasteiger partial charge in [-0.05, 0) is 42.0 Å². The summed E-state index contributed by atoms with van der Waals surface area (Å²) in [5, 5.41) is 9.89. The van der Waals surface area contributed by atoms with Crippen molar-refractivity contribution < 1.29 is 8.42 Å². The van der Waals surface area contributed by atoms with Crippen LogP contribution in [-0.2, 0) is 10.0 Å². The van der Waals surface area contributed by atoms with E-state index in [1.54, 1.807) is 16.6 Å². The van der Waals surface area contributed by atoms with Crippen LogP contribution in [0.2, 0.25) is 0 Å². The van der Waals surface area contributed by atoms with Crippen molar-refractivity contribution in [1.29, 1.82) is 0 Å². The van der Waals surface area contributed by atoms with Crippen LogP contribution in [0.4, 0.5) is 5.69 Å². The van der Waals surface area contributed by atoms with Crippen LogP contribution in [0.1, 0.15) is 0 Å². The minimum atomic E-state index is -3.73. The molecular weight excluding hydrogens is 348 g/mol. The molecule has 0 fully saturated rings. The summed E-state index contributed by atoms with van der Waals surface area (Å²) in [7, 11) is -3.73. The van der Waals surface area contributed by atoms with E-state index in [1.165, 1.54) is 12.1 Å². The highest BCUT2D eigenvalue weighted by Crippen LogP contribution is 2.35. The van der Waals surface area contributed by atoms with Crippen molar-refractivity contribution in [3.8, 4) is 22.4 Å². The minimum absolute atomic E-state index is 0.0757. The average molecular weight is 364 g/mol. The van der Waals surface area contributed by atoms with E-state index < -0.39 is 10.0 Å². The number of fused-ring (bicyclic) bond motifs is 1. The summed E-state index contributed by atoms with van der Waals surface area (Å²) >= 11 is 0. The monoisotopic (exact) mass is 364 g/mol. The summed E-state index contributed by atoms with van der Waals surface area (Å²) in [4.78, 5) is 0.0757. The lowest BCUT2D eigenvalue weighted by atomic mass is 10.00. The van der Waals surface area contributed by atoms with Gasteiger partial charge in [-0.1, -0.05) is 30.3 Å². The summed E-state index contributed by atoms with van der Waals surface area (Å²) in [6.45, 7) is 0. The lowest BCUT2D eigenvalue weighted by molar-refractivity contribution is 0.598. The molecule has 2 heterocycles. The summed E-state index contributed by atoms with van der Waals surface area (Å²) in [5.41, 5.74) is 10.9. The second-order valence-corrected chi connectivity index (χ2v) is 7.51. The molecule has 0 saturated heterocycles. The molecule has 0 aliphatic heterocycles. The van der Waals surface area contributed by atoms with E-state index in [0.29, 0.717) is 5.69 Å². The van der Waals surface area contributed by atoms with Crippen molar-refractivity contribution in [2.45, 2.75) is 4.90 Å². The number of nitrogens with zero attached hydrogens (tertiary/aromatic N) is 2. The molecule has 0 aliphatic rings. The number of primary sulfonamides is 1. The molecule has 7 heteroatoms. The fourth-order valence-electron chi connectivity index (χ4n) is 2.94. The Morgan fingerprint density at radius 3 is 2.15 bits per heavy atom. The average Bonchev–Trinajstić information content (AvgIpc) is 3.01. The van der Waals surface area contributed by atoms with Crippen molar-refractivity contribution >= 4 is 21.2 Å². The highest BCUT2D eigenvalue weighted by Gasteiger charge is 2.17. The Kier molecular flexibility index (Phi) is 3.75. The van der Waals surface area contributed by atoms with Crippen LogP contribution in [0.25, 0.3) is 27.9 Å². The van der Waals surface area contributed by atoms with Crippen molar-refractivity contribution in [2.75, 3.05) is 5.73 Å². The molecule has 0 unspecified atom stereocenters. The lowest BCUT2D eigenvalue weighted by Crippen LogP contribution is -2.11. The van der Waals surface area contributed by atoms with Crippen molar-refractivity contribution in [1.82, 2.24) is 9.61 Å². The molecule has 0 atom stereocenters. The molecule has 130 valence electrons. The molecule has 0 bridgehead atoms. The van der Waals surface area contributed by atoms with Crippen LogP contribution < -0.4 is 10.9 Å². The summed E-state index contributed by atoms with van der Waals surface area (Å²) < 4.78 is 24.8. The number of hydrogen-bond acceptors (Lipinski definition) is 4. The first-order valence-corrected chi connectivity index (χ1v) is 9.44. The van der Waals surface area contributed by atoms with E-state index in [9.17, 15) is 8.42 Å². The number of sulfonamides is 1. The second-order valence-electron chi connectivity index (χ2n) is 5.95. The van der Waals surface area contributed by atoms with E-state index in [-0.39, 0.29) is 4.90 Å². The predicted octanol–water partition coefficient (Wildman–Crippen LogP) is 2.90. The van der Waals surface area contributed by atoms with Crippen LogP contribution in [0.3, 0.4) is 0 Å². The van der Waals surface area contributed by atoms with Gasteiger partial charge < -0.3 is 5.73 Å². The third kappa shape index (κ3) is 2.83. The summed E-state index contributed by atoms with van der Waals surface area (Å²) in [6.07, 6.45) is 1.87. The zero-order valence-corrected chi connectivity index (χ0v) is 14.5. The van der Waals surface area contributed by atoms with E-state index in [2.05, 4.69) is 0 Å². The first kappa shape index (κ1) is 16.3. The van der Waals surface area contributed by atoms with Gasteiger partial charge in [0.25, 0.3) is 0 Å². The molecule has 0 aliphatic carbocycles. The minimum Gasteiger partial charge on any atom is -0.399 e. The number of hydrogen-bond donors (Lipinski definition) is 2. The van der Waals surface area contributed by atoms with Gasteiger partial charge in [-0.2, -0.15) is 5.10 Å². The highest BCUT2D eigenvalue weighted by molar-refractivity contribution is 7.89. The Balaban J connectivity index is 1.96. The molecule has 4 N–H and O–H groups in total. The highest BCUT2D eigenvalue weighted by atomic mass is 32.2. The van der Waals surface area contributed by atoms with E-state index >= 15 is 0 Å². The second kappa shape index (κ2) is 5.98. The van der Waals surface area contributed by atoms with Crippen LogP contribution in [0.15, 0.2) is 77.8 Å². The Morgan fingerprint density at radius 1 is 0.846 bits per heavy atom. The predicted molar refractivity (Wildman–Crippen MR) is 102 cm³/mol. The molecule has 6 nitrogen and oxygen atoms in total. The van der Waals surface area contributed by atoms with Crippen molar-refractivity contribution in [3.05, 3.63) is 72.9 Å². The quantitative estimate of drug-likeness (QED) is 0.545. The van der Waals surface area contributed by atoms with Gasteiger partial charge in [0.1, 0.15) is 5.69 Å². The molecule has 0 radical (unpaired) electrons. The number of rotatable bonds is 3. The van der Waals surface area contributed by atoms with E-state index in [1.807, 2.05) is 48.7 Å². The summed E-state index contributed by atoms with van der Waals surface area (Å²) in [5.74, 6) is 0. The Labute approximate surface area is 150 Å². The fraction of sp³-hybridized carbons (Fsp3) is 0. The van der Waals surface area contributed by atoms with Gasteiger partial charge in [-0.25, -0.2) is 18.1 Å². The van der Waals surface area contributed by atoms with Gasteiger partial charge in [-0.3, -0.25) is 0 Å². The van der Waals surface area contributed by atoms with Gasteiger partial charge in [0, 0.05) is 23.0 Å². The third-order valence-corrected chi connectivity index (χ3v) is 5.12. The molecule has 2 aromatic heterocycles. The lowest BCUT2D eigenvalue weighted by Gasteiger charge is -2.06. The maximum absolute atomic E-state index is 11.5. The maximum atomic E-state index is 11.5. The van der Waals surface area contributed by atoms with Gasteiger partial charge >= 0.3 is 0 Å². The first-order chi connectivity index (χ1) is 12.4. The third-order valence-electron chi connectivity index (χ3n) is 4.20. The maximum Gasteiger partial charge on any atom is 0.238 e. The van der Waals surface area contributed by atoms with Crippen LogP contribution >= 0.6 is 0 Å². The van der Waals surface area contributed by atoms with E-state index in [4.69, 9.17) is 16.0 Å². The number of anilines is 1. The molecular formula is C19H16N4O2S. The molecule has 0 saturated carbocycles. The van der Waals surface area contributed by atoms with Gasteiger partial charge in [0.2, 0.25) is 10.0 Å². The van der Waals surface area contributed by atoms with Gasteiger partial charge in [0.15, 0.2) is 0 Å². The molecule has 2 aromatic carbocycles. The van der Waals surface area contributed by atoms with Crippen LogP contribution in [-0.4, -0.2) is 18.0 Å². The van der Waals surface area contributed by atoms with Gasteiger partial charge in [0.05, 0.1) is 10.4 Å². The van der Waals surface area contributed by atoms with Crippen molar-refractivity contribution in [2.24, 2.45) is 5.14 Å². The standard InChI is InChI=1S/C19H16N4O2S/c20-15-8-4-14(5-9-15)19-18(17-3-1-2-12-23(17)22-19)13-6-10-16(11-7-13)26(21,24)25/h1-12H,20H2,(H2,21,24,25). The molecule has 0 spiro atoms. The molecule has 4 rings (SSSR count). The van der Waals surface area contributed by atoms with Gasteiger partial charge in [-0.15, -0.1) is 0 Å². The Morgan fingerprint density at radius 2 is 1.50 bits per heavy atom. The largest absolute Gasteiger partial charge is 0.399 e. The number of benzene rings is 2. The van der Waals surface area contributed by atoms with Crippen molar-refractivity contribution in [3.63, 3.8) is 0 Å². The summed E-state index contributed by atoms with van der Waals surface area (Å²) in [6, 6.07) is 19.8. The van der Waals surface area contributed by atoms with E-state index in [0.717, 1.165) is 27.9 Å².